The molecule has 58 valence electrons. The highest BCUT2D eigenvalue weighted by atomic mass is 35.5. The van der Waals surface area contributed by atoms with Crippen LogP contribution in [0, 0.1) is 0 Å². The van der Waals surface area contributed by atoms with Gasteiger partial charge in [-0.25, -0.2) is 0 Å². The molecule has 0 rings (SSSR count). The van der Waals surface area contributed by atoms with Gasteiger partial charge in [0.15, 0.2) is 0 Å². The van der Waals surface area contributed by atoms with Gasteiger partial charge in [0, 0.05) is 29.0 Å². The Hall–Kier alpha value is -0.180. The minimum atomic E-state index is 0.337. The molecule has 0 aliphatic rings. The second-order valence-electron chi connectivity index (χ2n) is 1.69. The lowest BCUT2D eigenvalue weighted by atomic mass is 10.6. The standard InChI is InChI=1S/C6H10Cl2N2/c1-5(7)3-10-4-6(8)2-9/h3-4,10H,2,9H2,1H3/b5-3+,6-4+. The van der Waals surface area contributed by atoms with Crippen LogP contribution in [-0.4, -0.2) is 6.54 Å². The van der Waals surface area contributed by atoms with Crippen LogP contribution in [0.2, 0.25) is 0 Å². The Labute approximate surface area is 70.7 Å². The van der Waals surface area contributed by atoms with E-state index in [2.05, 4.69) is 5.32 Å². The molecule has 4 heteroatoms. The summed E-state index contributed by atoms with van der Waals surface area (Å²) in [6.07, 6.45) is 3.22. The third-order valence-electron chi connectivity index (χ3n) is 0.717. The maximum atomic E-state index is 5.55. The van der Waals surface area contributed by atoms with E-state index in [-0.39, 0.29) is 0 Å². The number of rotatable bonds is 3. The highest BCUT2D eigenvalue weighted by Crippen LogP contribution is 1.97. The van der Waals surface area contributed by atoms with Crippen LogP contribution >= 0.6 is 23.2 Å². The summed E-state index contributed by atoms with van der Waals surface area (Å²) in [6, 6.07) is 0. The van der Waals surface area contributed by atoms with Crippen molar-refractivity contribution in [3.63, 3.8) is 0 Å². The maximum absolute atomic E-state index is 5.55. The molecular formula is C6H10Cl2N2. The van der Waals surface area contributed by atoms with Gasteiger partial charge in [0.2, 0.25) is 0 Å². The Kier molecular flexibility index (Phi) is 5.49. The number of hydrogen-bond donors (Lipinski definition) is 2. The van der Waals surface area contributed by atoms with Crippen LogP contribution < -0.4 is 11.1 Å². The molecule has 10 heavy (non-hydrogen) atoms. The topological polar surface area (TPSA) is 38.0 Å². The summed E-state index contributed by atoms with van der Waals surface area (Å²) in [5.74, 6) is 0. The van der Waals surface area contributed by atoms with Gasteiger partial charge in [-0.2, -0.15) is 0 Å². The van der Waals surface area contributed by atoms with Crippen molar-refractivity contribution < 1.29 is 0 Å². The van der Waals surface area contributed by atoms with Gasteiger partial charge in [0.1, 0.15) is 0 Å². The van der Waals surface area contributed by atoms with Gasteiger partial charge >= 0.3 is 0 Å². The maximum Gasteiger partial charge on any atom is 0.0476 e. The van der Waals surface area contributed by atoms with Crippen molar-refractivity contribution in [1.29, 1.82) is 0 Å². The van der Waals surface area contributed by atoms with E-state index in [1.54, 1.807) is 19.3 Å². The number of halogens is 2. The smallest absolute Gasteiger partial charge is 0.0476 e. The molecule has 0 radical (unpaired) electrons. The van der Waals surface area contributed by atoms with Crippen LogP contribution in [0.5, 0.6) is 0 Å². The fourth-order valence-electron chi connectivity index (χ4n) is 0.306. The van der Waals surface area contributed by atoms with Crippen molar-refractivity contribution in [1.82, 2.24) is 5.32 Å². The molecule has 0 aliphatic carbocycles. The summed E-state index contributed by atoms with van der Waals surface area (Å²) >= 11 is 11.0. The third kappa shape index (κ3) is 5.95. The van der Waals surface area contributed by atoms with Crippen LogP contribution in [0.4, 0.5) is 0 Å². The summed E-state index contributed by atoms with van der Waals surface area (Å²) in [4.78, 5) is 0. The van der Waals surface area contributed by atoms with Crippen LogP contribution in [0.15, 0.2) is 22.5 Å². The van der Waals surface area contributed by atoms with E-state index >= 15 is 0 Å². The van der Waals surface area contributed by atoms with Gasteiger partial charge in [0.25, 0.3) is 0 Å². The average molecular weight is 181 g/mol. The summed E-state index contributed by atoms with van der Waals surface area (Å²) in [6.45, 7) is 2.10. The SMILES string of the molecule is C/C(Cl)=C\N/C=C(/Cl)CN. The van der Waals surface area contributed by atoms with Crippen LogP contribution in [0.25, 0.3) is 0 Å². The minimum Gasteiger partial charge on any atom is -0.366 e. The molecule has 0 saturated carbocycles. The molecule has 0 unspecified atom stereocenters. The van der Waals surface area contributed by atoms with Gasteiger partial charge in [-0.05, 0) is 6.92 Å². The number of hydrogen-bond acceptors (Lipinski definition) is 2. The quantitative estimate of drug-likeness (QED) is 0.695. The lowest BCUT2D eigenvalue weighted by Gasteiger charge is -1.92. The first-order chi connectivity index (χ1) is 4.66. The van der Waals surface area contributed by atoms with Crippen LogP contribution in [0.3, 0.4) is 0 Å². The van der Waals surface area contributed by atoms with Crippen molar-refractivity contribution >= 4 is 23.2 Å². The van der Waals surface area contributed by atoms with Crippen LogP contribution in [0.1, 0.15) is 6.92 Å². The second-order valence-corrected chi connectivity index (χ2v) is 2.77. The predicted octanol–water partition coefficient (Wildman–Crippen LogP) is 1.71. The van der Waals surface area contributed by atoms with Gasteiger partial charge in [0.05, 0.1) is 0 Å². The molecule has 2 nitrogen and oxygen atoms in total. The molecule has 0 aliphatic heterocycles. The zero-order valence-electron chi connectivity index (χ0n) is 5.70. The van der Waals surface area contributed by atoms with E-state index in [1.165, 1.54) is 0 Å². The molecule has 0 amide bonds. The molecule has 0 spiro atoms. The summed E-state index contributed by atoms with van der Waals surface area (Å²) in [7, 11) is 0. The molecule has 0 aromatic carbocycles. The molecule has 0 saturated heterocycles. The van der Waals surface area contributed by atoms with Crippen molar-refractivity contribution in [2.75, 3.05) is 6.54 Å². The second kappa shape index (κ2) is 5.59. The molecule has 0 aromatic rings. The lowest BCUT2D eigenvalue weighted by molar-refractivity contribution is 1.13. The van der Waals surface area contributed by atoms with E-state index in [0.29, 0.717) is 16.6 Å². The molecule has 0 fully saturated rings. The van der Waals surface area contributed by atoms with Crippen molar-refractivity contribution in [2.24, 2.45) is 5.73 Å². The monoisotopic (exact) mass is 180 g/mol. The van der Waals surface area contributed by atoms with Gasteiger partial charge < -0.3 is 11.1 Å². The zero-order chi connectivity index (χ0) is 7.98. The highest BCUT2D eigenvalue weighted by molar-refractivity contribution is 6.30. The first-order valence-electron chi connectivity index (χ1n) is 2.79. The molecule has 3 N–H and O–H groups in total. The molecule has 0 atom stereocenters. The van der Waals surface area contributed by atoms with E-state index < -0.39 is 0 Å². The largest absolute Gasteiger partial charge is 0.366 e. The lowest BCUT2D eigenvalue weighted by Crippen LogP contribution is -2.02. The van der Waals surface area contributed by atoms with E-state index in [4.69, 9.17) is 28.9 Å². The van der Waals surface area contributed by atoms with Crippen molar-refractivity contribution in [2.45, 2.75) is 6.92 Å². The summed E-state index contributed by atoms with van der Waals surface area (Å²) in [5.41, 5.74) is 5.20. The van der Waals surface area contributed by atoms with E-state index in [1.807, 2.05) is 0 Å². The normalized spacial score (nSPS) is 13.6. The summed E-state index contributed by atoms with van der Waals surface area (Å²) in [5, 5.41) is 4.00. The molecule has 0 heterocycles. The van der Waals surface area contributed by atoms with Gasteiger partial charge in [-0.15, -0.1) is 0 Å². The zero-order valence-corrected chi connectivity index (χ0v) is 7.21. The predicted molar refractivity (Wildman–Crippen MR) is 45.7 cm³/mol. The Morgan fingerprint density at radius 3 is 2.50 bits per heavy atom. The Balaban J connectivity index is 3.63. The number of allylic oxidation sites excluding steroid dienone is 1. The third-order valence-corrected chi connectivity index (χ3v) is 1.09. The molecule has 0 aromatic heterocycles. The van der Waals surface area contributed by atoms with Crippen molar-refractivity contribution in [3.8, 4) is 0 Å². The van der Waals surface area contributed by atoms with E-state index in [9.17, 15) is 0 Å². The summed E-state index contributed by atoms with van der Waals surface area (Å²) < 4.78 is 0. The van der Waals surface area contributed by atoms with Gasteiger partial charge in [-0.1, -0.05) is 23.2 Å². The fourth-order valence-corrected chi connectivity index (χ4v) is 0.432. The minimum absolute atomic E-state index is 0.337. The molecular weight excluding hydrogens is 171 g/mol. The first-order valence-corrected chi connectivity index (χ1v) is 3.55. The molecule has 0 bridgehead atoms. The highest BCUT2D eigenvalue weighted by Gasteiger charge is 1.82. The number of nitrogens with one attached hydrogen (secondary N) is 1. The Bertz CT molecular complexity index is 148. The Morgan fingerprint density at radius 2 is 2.10 bits per heavy atom. The van der Waals surface area contributed by atoms with Crippen molar-refractivity contribution in [3.05, 3.63) is 22.5 Å². The van der Waals surface area contributed by atoms with E-state index in [0.717, 1.165) is 0 Å². The first kappa shape index (κ1) is 9.82. The van der Waals surface area contributed by atoms with Gasteiger partial charge in [-0.3, -0.25) is 0 Å². The number of nitrogens with two attached hydrogens (primary N) is 1. The average Bonchev–Trinajstić information content (AvgIpc) is 1.87. The fraction of sp³-hybridized carbons (Fsp3) is 0.333. The Morgan fingerprint density at radius 1 is 1.50 bits per heavy atom. The van der Waals surface area contributed by atoms with Crippen LogP contribution in [-0.2, 0) is 0 Å².